The molecule has 1 aliphatic rings. The lowest BCUT2D eigenvalue weighted by molar-refractivity contribution is -0.118. The van der Waals surface area contributed by atoms with Crippen molar-refractivity contribution in [2.24, 2.45) is 4.99 Å². The Morgan fingerprint density at radius 2 is 2.07 bits per heavy atom. The molecule has 1 aliphatic carbocycles. The number of methoxy groups -OCH3 is 1. The second-order valence-corrected chi connectivity index (χ2v) is 7.30. The van der Waals surface area contributed by atoms with E-state index in [2.05, 4.69) is 36.9 Å². The van der Waals surface area contributed by atoms with Gasteiger partial charge < -0.3 is 12.5 Å². The van der Waals surface area contributed by atoms with Gasteiger partial charge in [-0.3, -0.25) is 0 Å². The van der Waals surface area contributed by atoms with Gasteiger partial charge in [0.25, 0.3) is 0 Å². The highest BCUT2D eigenvalue weighted by Crippen LogP contribution is 2.29. The van der Waals surface area contributed by atoms with Crippen LogP contribution in [0.4, 0.5) is 0 Å². The van der Waals surface area contributed by atoms with E-state index >= 15 is 0 Å². The van der Waals surface area contributed by atoms with Gasteiger partial charge in [0.2, 0.25) is 0 Å². The smallest absolute Gasteiger partial charge is 0.120 e. The largest absolute Gasteiger partial charge is 0.381 e. The van der Waals surface area contributed by atoms with E-state index in [1.54, 1.807) is 13.2 Å². The van der Waals surface area contributed by atoms with E-state index in [4.69, 9.17) is 12.5 Å². The Balaban J connectivity index is 2.60. The van der Waals surface area contributed by atoms with Crippen molar-refractivity contribution in [1.29, 1.82) is 0 Å². The number of allylic oxidation sites excluding steroid dienone is 3. The molecule has 4 nitrogen and oxygen atoms in total. The van der Waals surface area contributed by atoms with Crippen LogP contribution in [0.2, 0.25) is 0 Å². The number of hydrogen-bond acceptors (Lipinski definition) is 4. The number of hydrogen-bond donors (Lipinski definition) is 0. The van der Waals surface area contributed by atoms with Crippen molar-refractivity contribution in [1.82, 2.24) is 0 Å². The van der Waals surface area contributed by atoms with E-state index in [1.165, 1.54) is 0 Å². The molecule has 1 fully saturated rings. The number of rotatable bonds is 12. The van der Waals surface area contributed by atoms with Gasteiger partial charge in [-0.15, -0.1) is 0 Å². The standard InChI is InChI=1S/C22H32INO3/c1-6-9-19(27-21-15-20(16-21)25-5)13-12-17(3)22(10-7-2)24-18(4)11-8-14-26-23/h7,10,19-21H,2-3,6,9,12-16H2,1,4-5H3/b22-10-,24-18+. The third-order valence-corrected chi connectivity index (χ3v) is 4.78. The lowest BCUT2D eigenvalue weighted by Crippen LogP contribution is -2.39. The van der Waals surface area contributed by atoms with Gasteiger partial charge in [0.1, 0.15) is 29.6 Å². The highest BCUT2D eigenvalue weighted by atomic mass is 127. The van der Waals surface area contributed by atoms with E-state index in [0.29, 0.717) is 18.8 Å². The Morgan fingerprint density at radius 1 is 1.33 bits per heavy atom. The average Bonchev–Trinajstić information content (AvgIpc) is 2.61. The van der Waals surface area contributed by atoms with Crippen molar-refractivity contribution in [2.75, 3.05) is 13.7 Å². The molecular weight excluding hydrogens is 453 g/mol. The zero-order chi connectivity index (χ0) is 20.1. The molecule has 0 aromatic rings. The first kappa shape index (κ1) is 24.1. The first-order chi connectivity index (χ1) is 13.0. The Bertz CT molecular complexity index is 594. The Kier molecular flexibility index (Phi) is 12.6. The third-order valence-electron chi connectivity index (χ3n) is 4.47. The summed E-state index contributed by atoms with van der Waals surface area (Å²) in [5, 5.41) is 0. The summed E-state index contributed by atoms with van der Waals surface area (Å²) < 4.78 is 16.5. The Labute approximate surface area is 178 Å². The lowest BCUT2D eigenvalue weighted by Gasteiger charge is -2.36. The zero-order valence-corrected chi connectivity index (χ0v) is 19.0. The Hall–Kier alpha value is -0.940. The summed E-state index contributed by atoms with van der Waals surface area (Å²) in [4.78, 5) is 4.59. The molecule has 0 spiro atoms. The van der Waals surface area contributed by atoms with Crippen LogP contribution in [0.1, 0.15) is 52.4 Å². The summed E-state index contributed by atoms with van der Waals surface area (Å²) in [6.07, 6.45) is 10.5. The maximum Gasteiger partial charge on any atom is 0.120 e. The van der Waals surface area contributed by atoms with Crippen molar-refractivity contribution in [3.05, 3.63) is 36.6 Å². The van der Waals surface area contributed by atoms with Crippen molar-refractivity contribution in [2.45, 2.75) is 70.7 Å². The van der Waals surface area contributed by atoms with E-state index in [-0.39, 0.29) is 6.10 Å². The minimum atomic E-state index is 0.255. The molecule has 150 valence electrons. The van der Waals surface area contributed by atoms with Crippen LogP contribution >= 0.6 is 23.0 Å². The normalized spacial score (nSPS) is 21.0. The summed E-state index contributed by atoms with van der Waals surface area (Å²) in [6, 6.07) is 0. The van der Waals surface area contributed by atoms with E-state index in [9.17, 15) is 0 Å². The second kappa shape index (κ2) is 14.1. The van der Waals surface area contributed by atoms with Crippen LogP contribution in [-0.2, 0) is 12.5 Å². The van der Waals surface area contributed by atoms with Gasteiger partial charge in [0.15, 0.2) is 0 Å². The van der Waals surface area contributed by atoms with Crippen LogP contribution in [0.3, 0.4) is 0 Å². The predicted octanol–water partition coefficient (Wildman–Crippen LogP) is 5.59. The maximum absolute atomic E-state index is 6.26. The molecular formula is C22H32INO3. The predicted molar refractivity (Wildman–Crippen MR) is 121 cm³/mol. The van der Waals surface area contributed by atoms with Crippen molar-refractivity contribution in [3.8, 4) is 11.8 Å². The maximum atomic E-state index is 6.26. The molecule has 0 heterocycles. The van der Waals surface area contributed by atoms with Gasteiger partial charge in [0, 0.05) is 7.11 Å². The van der Waals surface area contributed by atoms with Gasteiger partial charge in [-0.1, -0.05) is 38.5 Å². The second-order valence-electron chi connectivity index (χ2n) is 6.68. The molecule has 0 aliphatic heterocycles. The lowest BCUT2D eigenvalue weighted by atomic mass is 9.91. The molecule has 1 unspecified atom stereocenters. The van der Waals surface area contributed by atoms with Gasteiger partial charge in [-0.25, -0.2) is 4.99 Å². The van der Waals surface area contributed by atoms with E-state index in [1.807, 2.05) is 36.0 Å². The van der Waals surface area contributed by atoms with Gasteiger partial charge in [-0.05, 0) is 56.6 Å². The minimum absolute atomic E-state index is 0.255. The molecule has 0 radical (unpaired) electrons. The minimum Gasteiger partial charge on any atom is -0.381 e. The summed E-state index contributed by atoms with van der Waals surface area (Å²) >= 11 is 1.83. The summed E-state index contributed by atoms with van der Waals surface area (Å²) in [5.41, 5.74) is 2.54. The highest BCUT2D eigenvalue weighted by molar-refractivity contribution is 14.1. The summed E-state index contributed by atoms with van der Waals surface area (Å²) in [7, 11) is 1.77. The molecule has 0 saturated heterocycles. The van der Waals surface area contributed by atoms with E-state index < -0.39 is 0 Å². The number of halogens is 1. The van der Waals surface area contributed by atoms with Crippen LogP contribution < -0.4 is 0 Å². The van der Waals surface area contributed by atoms with Gasteiger partial charge >= 0.3 is 0 Å². The molecule has 5 heteroatoms. The van der Waals surface area contributed by atoms with Crippen LogP contribution in [-0.4, -0.2) is 37.7 Å². The third kappa shape index (κ3) is 9.70. The molecule has 0 aromatic carbocycles. The summed E-state index contributed by atoms with van der Waals surface area (Å²) in [6.45, 7) is 12.5. The first-order valence-electron chi connectivity index (χ1n) is 9.50. The van der Waals surface area contributed by atoms with Crippen molar-refractivity contribution < 1.29 is 12.5 Å². The average molecular weight is 485 g/mol. The SMILES string of the molecule is C=C/C=C(\N=C(/C)C#CCOI)C(=C)CCC(CCC)OC1CC(OC)C1. The summed E-state index contributed by atoms with van der Waals surface area (Å²) in [5.74, 6) is 5.89. The number of aliphatic imine (C=N–C) groups is 1. The molecule has 27 heavy (non-hydrogen) atoms. The molecule has 0 bridgehead atoms. The van der Waals surface area contributed by atoms with E-state index in [0.717, 1.165) is 55.5 Å². The topological polar surface area (TPSA) is 40.0 Å². The van der Waals surface area contributed by atoms with Crippen molar-refractivity contribution >= 4 is 28.7 Å². The molecule has 0 N–H and O–H groups in total. The number of nitrogens with zero attached hydrogens (tertiary/aromatic N) is 1. The van der Waals surface area contributed by atoms with Crippen LogP contribution in [0, 0.1) is 11.8 Å². The van der Waals surface area contributed by atoms with Crippen LogP contribution in [0.25, 0.3) is 0 Å². The fourth-order valence-corrected chi connectivity index (χ4v) is 3.06. The van der Waals surface area contributed by atoms with Crippen molar-refractivity contribution in [3.63, 3.8) is 0 Å². The Morgan fingerprint density at radius 3 is 2.67 bits per heavy atom. The monoisotopic (exact) mass is 485 g/mol. The molecule has 0 aromatic heterocycles. The first-order valence-corrected chi connectivity index (χ1v) is 10.4. The fourth-order valence-electron chi connectivity index (χ4n) is 2.90. The van der Waals surface area contributed by atoms with Gasteiger partial charge in [-0.2, -0.15) is 0 Å². The molecule has 1 saturated carbocycles. The van der Waals surface area contributed by atoms with Crippen LogP contribution in [0.15, 0.2) is 41.6 Å². The van der Waals surface area contributed by atoms with Gasteiger partial charge in [0.05, 0.1) is 29.7 Å². The quantitative estimate of drug-likeness (QED) is 0.157. The zero-order valence-electron chi connectivity index (χ0n) is 16.8. The molecule has 0 amide bonds. The number of ether oxygens (including phenoxy) is 2. The van der Waals surface area contributed by atoms with Crippen LogP contribution in [0.5, 0.6) is 0 Å². The highest BCUT2D eigenvalue weighted by Gasteiger charge is 2.31. The fraction of sp³-hybridized carbons (Fsp3) is 0.591. The molecule has 1 rings (SSSR count). The molecule has 1 atom stereocenters.